The first-order chi connectivity index (χ1) is 9.10. The molecule has 2 N–H and O–H groups in total. The smallest absolute Gasteiger partial charge is 0.244 e. The zero-order valence-corrected chi connectivity index (χ0v) is 11.5. The first-order valence-corrected chi connectivity index (χ1v) is 7.89. The van der Waals surface area contributed by atoms with Crippen LogP contribution in [-0.4, -0.2) is 38.7 Å². The SMILES string of the molecule is CNc1ncccc1S(=O)(=O)NC1CC2CCC1O2. The maximum atomic E-state index is 12.4. The van der Waals surface area contributed by atoms with Crippen molar-refractivity contribution in [2.24, 2.45) is 0 Å². The minimum Gasteiger partial charge on any atom is -0.373 e. The van der Waals surface area contributed by atoms with E-state index >= 15 is 0 Å². The minimum absolute atomic E-state index is 0.0227. The molecule has 0 saturated carbocycles. The topological polar surface area (TPSA) is 80.3 Å². The Balaban J connectivity index is 1.83. The molecule has 0 radical (unpaired) electrons. The van der Waals surface area contributed by atoms with Crippen LogP contribution in [0.2, 0.25) is 0 Å². The lowest BCUT2D eigenvalue weighted by Crippen LogP contribution is -2.41. The lowest BCUT2D eigenvalue weighted by atomic mass is 9.96. The van der Waals surface area contributed by atoms with Crippen LogP contribution in [0, 0.1) is 0 Å². The average Bonchev–Trinajstić information content (AvgIpc) is 3.00. The molecule has 6 nitrogen and oxygen atoms in total. The summed E-state index contributed by atoms with van der Waals surface area (Å²) < 4.78 is 33.2. The van der Waals surface area contributed by atoms with Gasteiger partial charge in [-0.25, -0.2) is 18.1 Å². The molecule has 3 unspecified atom stereocenters. The predicted molar refractivity (Wildman–Crippen MR) is 70.4 cm³/mol. The summed E-state index contributed by atoms with van der Waals surface area (Å²) in [6.45, 7) is 0. The van der Waals surface area contributed by atoms with Crippen LogP contribution in [0.15, 0.2) is 23.2 Å². The molecule has 2 fully saturated rings. The van der Waals surface area contributed by atoms with Crippen LogP contribution in [0.4, 0.5) is 5.82 Å². The van der Waals surface area contributed by atoms with Crippen molar-refractivity contribution in [2.45, 2.75) is 42.4 Å². The van der Waals surface area contributed by atoms with Gasteiger partial charge >= 0.3 is 0 Å². The summed E-state index contributed by atoms with van der Waals surface area (Å²) in [6.07, 6.45) is 4.54. The van der Waals surface area contributed by atoms with Crippen molar-refractivity contribution >= 4 is 15.8 Å². The molecule has 7 heteroatoms. The number of hydrogen-bond acceptors (Lipinski definition) is 5. The summed E-state index contributed by atoms with van der Waals surface area (Å²) in [4.78, 5) is 4.21. The number of fused-ring (bicyclic) bond motifs is 2. The first kappa shape index (κ1) is 12.8. The largest absolute Gasteiger partial charge is 0.373 e. The Kier molecular flexibility index (Phi) is 3.20. The van der Waals surface area contributed by atoms with Crippen LogP contribution in [0.3, 0.4) is 0 Å². The molecular formula is C12H17N3O3S. The van der Waals surface area contributed by atoms with Crippen LogP contribution >= 0.6 is 0 Å². The molecule has 0 spiro atoms. The van der Waals surface area contributed by atoms with Crippen molar-refractivity contribution in [2.75, 3.05) is 12.4 Å². The van der Waals surface area contributed by atoms with Crippen molar-refractivity contribution in [3.05, 3.63) is 18.3 Å². The number of nitrogens with one attached hydrogen (secondary N) is 2. The van der Waals surface area contributed by atoms with E-state index in [0.717, 1.165) is 19.3 Å². The Morgan fingerprint density at radius 3 is 2.89 bits per heavy atom. The summed E-state index contributed by atoms with van der Waals surface area (Å²) in [5.74, 6) is 0.360. The van der Waals surface area contributed by atoms with Crippen LogP contribution in [0.25, 0.3) is 0 Å². The van der Waals surface area contributed by atoms with Crippen LogP contribution in [0.1, 0.15) is 19.3 Å². The Labute approximate surface area is 112 Å². The van der Waals surface area contributed by atoms with Crippen molar-refractivity contribution in [3.63, 3.8) is 0 Å². The third kappa shape index (κ3) is 2.33. The number of pyridine rings is 1. The van der Waals surface area contributed by atoms with Crippen molar-refractivity contribution in [1.29, 1.82) is 0 Å². The van der Waals surface area contributed by atoms with Gasteiger partial charge in [0.25, 0.3) is 0 Å². The summed E-state index contributed by atoms with van der Waals surface area (Å²) in [7, 11) is -1.91. The highest BCUT2D eigenvalue weighted by Crippen LogP contribution is 2.35. The lowest BCUT2D eigenvalue weighted by Gasteiger charge is -2.20. The van der Waals surface area contributed by atoms with Gasteiger partial charge in [-0.05, 0) is 31.4 Å². The monoisotopic (exact) mass is 283 g/mol. The van der Waals surface area contributed by atoms with E-state index in [9.17, 15) is 8.42 Å². The van der Waals surface area contributed by atoms with Crippen LogP contribution in [0.5, 0.6) is 0 Å². The number of anilines is 1. The molecule has 0 aromatic carbocycles. The molecular weight excluding hydrogens is 266 g/mol. The Morgan fingerprint density at radius 2 is 2.26 bits per heavy atom. The molecule has 2 bridgehead atoms. The summed E-state index contributed by atoms with van der Waals surface area (Å²) in [6, 6.07) is 3.05. The van der Waals surface area contributed by atoms with Gasteiger partial charge in [-0.1, -0.05) is 0 Å². The second-order valence-electron chi connectivity index (χ2n) is 4.94. The number of rotatable bonds is 4. The zero-order chi connectivity index (χ0) is 13.5. The molecule has 104 valence electrons. The van der Waals surface area contributed by atoms with E-state index in [-0.39, 0.29) is 23.1 Å². The minimum atomic E-state index is -3.56. The molecule has 3 atom stereocenters. The standard InChI is InChI=1S/C12H17N3O3S/c1-13-12-11(3-2-6-14-12)19(16,17)15-9-7-8-4-5-10(9)18-8/h2-3,6,8-10,15H,4-5,7H2,1H3,(H,13,14). The second-order valence-corrected chi connectivity index (χ2v) is 6.62. The Morgan fingerprint density at radius 1 is 1.42 bits per heavy atom. The highest BCUT2D eigenvalue weighted by molar-refractivity contribution is 7.89. The molecule has 19 heavy (non-hydrogen) atoms. The second kappa shape index (κ2) is 4.73. The van der Waals surface area contributed by atoms with Crippen molar-refractivity contribution in [1.82, 2.24) is 9.71 Å². The highest BCUT2D eigenvalue weighted by atomic mass is 32.2. The van der Waals surface area contributed by atoms with Crippen LogP contribution < -0.4 is 10.0 Å². The average molecular weight is 283 g/mol. The molecule has 2 aliphatic rings. The van der Waals surface area contributed by atoms with E-state index in [2.05, 4.69) is 15.0 Å². The fourth-order valence-corrected chi connectivity index (χ4v) is 4.26. The summed E-state index contributed by atoms with van der Waals surface area (Å²) >= 11 is 0. The summed E-state index contributed by atoms with van der Waals surface area (Å²) in [5, 5.41) is 2.80. The van der Waals surface area contributed by atoms with E-state index in [0.29, 0.717) is 5.82 Å². The quantitative estimate of drug-likeness (QED) is 0.851. The third-order valence-corrected chi connectivity index (χ3v) is 5.23. The van der Waals surface area contributed by atoms with E-state index in [1.165, 1.54) is 0 Å². The highest BCUT2D eigenvalue weighted by Gasteiger charge is 2.42. The molecule has 2 saturated heterocycles. The third-order valence-electron chi connectivity index (χ3n) is 3.71. The van der Waals surface area contributed by atoms with Crippen molar-refractivity contribution < 1.29 is 13.2 Å². The van der Waals surface area contributed by atoms with Gasteiger partial charge in [-0.15, -0.1) is 0 Å². The van der Waals surface area contributed by atoms with Gasteiger partial charge in [0, 0.05) is 13.2 Å². The number of ether oxygens (including phenoxy) is 1. The fraction of sp³-hybridized carbons (Fsp3) is 0.583. The van der Waals surface area contributed by atoms with E-state index in [1.807, 2.05) is 0 Å². The molecule has 3 heterocycles. The normalized spacial score (nSPS) is 29.6. The molecule has 1 aromatic heterocycles. The van der Waals surface area contributed by atoms with Crippen LogP contribution in [-0.2, 0) is 14.8 Å². The zero-order valence-electron chi connectivity index (χ0n) is 10.7. The van der Waals surface area contributed by atoms with Gasteiger partial charge in [0.15, 0.2) is 0 Å². The molecule has 2 aliphatic heterocycles. The molecule has 0 aliphatic carbocycles. The summed E-state index contributed by atoms with van der Waals surface area (Å²) in [5.41, 5.74) is 0. The number of hydrogen-bond donors (Lipinski definition) is 2. The fourth-order valence-electron chi connectivity index (χ4n) is 2.82. The maximum Gasteiger partial charge on any atom is 0.244 e. The first-order valence-electron chi connectivity index (χ1n) is 6.41. The van der Waals surface area contributed by atoms with E-state index < -0.39 is 10.0 Å². The lowest BCUT2D eigenvalue weighted by molar-refractivity contribution is 0.0996. The maximum absolute atomic E-state index is 12.4. The predicted octanol–water partition coefficient (Wildman–Crippen LogP) is 0.721. The number of sulfonamides is 1. The molecule has 3 rings (SSSR count). The van der Waals surface area contributed by atoms with Gasteiger partial charge in [-0.3, -0.25) is 0 Å². The molecule has 0 amide bonds. The van der Waals surface area contributed by atoms with E-state index in [4.69, 9.17) is 4.74 Å². The van der Waals surface area contributed by atoms with E-state index in [1.54, 1.807) is 25.4 Å². The van der Waals surface area contributed by atoms with Gasteiger partial charge in [-0.2, -0.15) is 0 Å². The Bertz CT molecular complexity index is 575. The van der Waals surface area contributed by atoms with Gasteiger partial charge < -0.3 is 10.1 Å². The van der Waals surface area contributed by atoms with Crippen molar-refractivity contribution in [3.8, 4) is 0 Å². The number of nitrogens with zero attached hydrogens (tertiary/aromatic N) is 1. The molecule has 1 aromatic rings. The van der Waals surface area contributed by atoms with Gasteiger partial charge in [0.2, 0.25) is 10.0 Å². The van der Waals surface area contributed by atoms with Gasteiger partial charge in [0.1, 0.15) is 10.7 Å². The Hall–Kier alpha value is -1.18. The van der Waals surface area contributed by atoms with Gasteiger partial charge in [0.05, 0.1) is 18.2 Å². The number of aromatic nitrogens is 1.